The molecule has 0 amide bonds. The van der Waals surface area contributed by atoms with Crippen molar-refractivity contribution in [3.63, 3.8) is 0 Å². The van der Waals surface area contributed by atoms with Crippen LogP contribution in [0.3, 0.4) is 0 Å². The summed E-state index contributed by atoms with van der Waals surface area (Å²) in [5.74, 6) is -1.44. The number of benzene rings is 1. The highest BCUT2D eigenvalue weighted by molar-refractivity contribution is 7.89. The summed E-state index contributed by atoms with van der Waals surface area (Å²) in [6, 6.07) is 2.76. The van der Waals surface area contributed by atoms with Gasteiger partial charge in [-0.15, -0.1) is 0 Å². The Bertz CT molecular complexity index is 770. The van der Waals surface area contributed by atoms with Crippen LogP contribution in [0.25, 0.3) is 0 Å². The number of hydrogen-bond acceptors (Lipinski definition) is 4. The minimum absolute atomic E-state index is 0.00371. The number of aromatic amines is 1. The fourth-order valence-corrected chi connectivity index (χ4v) is 3.42. The van der Waals surface area contributed by atoms with E-state index < -0.39 is 27.7 Å². The number of nitrogens with zero attached hydrogens (tertiary/aromatic N) is 2. The van der Waals surface area contributed by atoms with Crippen LogP contribution in [-0.2, 0) is 10.0 Å². The van der Waals surface area contributed by atoms with Crippen LogP contribution < -0.4 is 4.72 Å². The van der Waals surface area contributed by atoms with Gasteiger partial charge < -0.3 is 4.90 Å². The van der Waals surface area contributed by atoms with Gasteiger partial charge in [0.05, 0.1) is 17.9 Å². The second-order valence-electron chi connectivity index (χ2n) is 5.33. The van der Waals surface area contributed by atoms with E-state index in [0.29, 0.717) is 5.69 Å². The number of hydrogen-bond donors (Lipinski definition) is 2. The van der Waals surface area contributed by atoms with Crippen LogP contribution in [0.4, 0.5) is 8.78 Å². The first kappa shape index (κ1) is 17.5. The van der Waals surface area contributed by atoms with Crippen LogP contribution in [0.1, 0.15) is 17.3 Å². The zero-order valence-corrected chi connectivity index (χ0v) is 13.8. The molecule has 6 nitrogen and oxygen atoms in total. The highest BCUT2D eigenvalue weighted by Crippen LogP contribution is 2.24. The van der Waals surface area contributed by atoms with E-state index in [0.717, 1.165) is 12.1 Å². The molecule has 1 aromatic heterocycles. The van der Waals surface area contributed by atoms with Crippen LogP contribution in [0.15, 0.2) is 29.3 Å². The molecule has 0 aliphatic carbocycles. The lowest BCUT2D eigenvalue weighted by atomic mass is 10.0. The van der Waals surface area contributed by atoms with Crippen molar-refractivity contribution >= 4 is 10.0 Å². The van der Waals surface area contributed by atoms with Crippen molar-refractivity contribution in [1.29, 1.82) is 0 Å². The van der Waals surface area contributed by atoms with E-state index in [1.807, 2.05) is 0 Å². The topological polar surface area (TPSA) is 78.1 Å². The Morgan fingerprint density at radius 2 is 1.91 bits per heavy atom. The summed E-state index contributed by atoms with van der Waals surface area (Å²) >= 11 is 0. The van der Waals surface area contributed by atoms with Crippen LogP contribution in [0, 0.1) is 18.6 Å². The zero-order chi connectivity index (χ0) is 17.2. The Kier molecular flexibility index (Phi) is 5.12. The maximum absolute atomic E-state index is 14.0. The summed E-state index contributed by atoms with van der Waals surface area (Å²) in [7, 11) is -0.587. The summed E-state index contributed by atoms with van der Waals surface area (Å²) in [5.41, 5.74) is 0.208. The first-order valence-electron chi connectivity index (χ1n) is 6.84. The number of halogens is 2. The third-order valence-electron chi connectivity index (χ3n) is 3.50. The molecule has 0 aliphatic heterocycles. The van der Waals surface area contributed by atoms with Gasteiger partial charge in [-0.25, -0.2) is 21.9 Å². The van der Waals surface area contributed by atoms with Gasteiger partial charge >= 0.3 is 0 Å². The van der Waals surface area contributed by atoms with Crippen molar-refractivity contribution in [2.24, 2.45) is 0 Å². The largest absolute Gasteiger partial charge is 0.301 e. The van der Waals surface area contributed by atoms with Crippen molar-refractivity contribution in [2.75, 3.05) is 20.6 Å². The smallest absolute Gasteiger partial charge is 0.244 e. The summed E-state index contributed by atoms with van der Waals surface area (Å²) in [6.45, 7) is 1.39. The minimum Gasteiger partial charge on any atom is -0.301 e. The molecule has 0 fully saturated rings. The molecule has 1 aromatic carbocycles. The first-order valence-corrected chi connectivity index (χ1v) is 8.32. The molecule has 0 radical (unpaired) electrons. The summed E-state index contributed by atoms with van der Waals surface area (Å²) < 4.78 is 54.8. The van der Waals surface area contributed by atoms with Gasteiger partial charge in [0.15, 0.2) is 0 Å². The molecule has 23 heavy (non-hydrogen) atoms. The lowest BCUT2D eigenvalue weighted by Gasteiger charge is -2.25. The van der Waals surface area contributed by atoms with E-state index >= 15 is 0 Å². The zero-order valence-electron chi connectivity index (χ0n) is 13.0. The maximum atomic E-state index is 14.0. The fraction of sp³-hybridized carbons (Fsp3) is 0.357. The molecule has 1 atom stereocenters. The van der Waals surface area contributed by atoms with Crippen LogP contribution in [-0.4, -0.2) is 44.2 Å². The van der Waals surface area contributed by atoms with E-state index in [1.54, 1.807) is 25.9 Å². The third kappa shape index (κ3) is 3.74. The molecule has 0 bridgehead atoms. The molecule has 0 saturated carbocycles. The Morgan fingerprint density at radius 3 is 2.39 bits per heavy atom. The highest BCUT2D eigenvalue weighted by atomic mass is 32.2. The number of aromatic nitrogens is 2. The van der Waals surface area contributed by atoms with Gasteiger partial charge in [-0.3, -0.25) is 5.10 Å². The number of H-pyrrole nitrogens is 1. The third-order valence-corrected chi connectivity index (χ3v) is 5.03. The number of nitrogens with one attached hydrogen (secondary N) is 2. The van der Waals surface area contributed by atoms with E-state index in [2.05, 4.69) is 14.9 Å². The summed E-state index contributed by atoms with van der Waals surface area (Å²) in [4.78, 5) is 1.55. The summed E-state index contributed by atoms with van der Waals surface area (Å²) in [6.07, 6.45) is 1.19. The van der Waals surface area contributed by atoms with Gasteiger partial charge in [-0.1, -0.05) is 6.07 Å². The highest BCUT2D eigenvalue weighted by Gasteiger charge is 2.25. The molecule has 0 unspecified atom stereocenters. The van der Waals surface area contributed by atoms with Crippen molar-refractivity contribution < 1.29 is 17.2 Å². The average molecular weight is 344 g/mol. The van der Waals surface area contributed by atoms with Gasteiger partial charge in [0.2, 0.25) is 10.0 Å². The number of likely N-dealkylation sites (N-methyl/N-ethyl adjacent to an activating group) is 1. The van der Waals surface area contributed by atoms with E-state index in [1.165, 1.54) is 12.3 Å². The van der Waals surface area contributed by atoms with Crippen LogP contribution >= 0.6 is 0 Å². The molecule has 2 rings (SSSR count). The van der Waals surface area contributed by atoms with Crippen molar-refractivity contribution in [3.05, 3.63) is 47.3 Å². The Hall–Kier alpha value is -1.84. The van der Waals surface area contributed by atoms with E-state index in [-0.39, 0.29) is 17.0 Å². The van der Waals surface area contributed by atoms with E-state index in [9.17, 15) is 17.2 Å². The second-order valence-corrected chi connectivity index (χ2v) is 7.06. The molecule has 126 valence electrons. The molecular weight excluding hydrogens is 326 g/mol. The number of aryl methyl sites for hydroxylation is 1. The molecule has 1 heterocycles. The number of sulfonamides is 1. The first-order chi connectivity index (χ1) is 10.7. The lowest BCUT2D eigenvalue weighted by Crippen LogP contribution is -2.35. The van der Waals surface area contributed by atoms with Gasteiger partial charge in [0.25, 0.3) is 0 Å². The van der Waals surface area contributed by atoms with Crippen LogP contribution in [0.5, 0.6) is 0 Å². The fourth-order valence-electron chi connectivity index (χ4n) is 2.25. The van der Waals surface area contributed by atoms with Crippen LogP contribution in [0.2, 0.25) is 0 Å². The average Bonchev–Trinajstić information content (AvgIpc) is 2.88. The quantitative estimate of drug-likeness (QED) is 0.834. The Balaban J connectivity index is 2.27. The maximum Gasteiger partial charge on any atom is 0.244 e. The van der Waals surface area contributed by atoms with Gasteiger partial charge in [0.1, 0.15) is 16.5 Å². The molecule has 0 saturated heterocycles. The molecular formula is C14H18F2N4O2S. The normalized spacial score (nSPS) is 13.5. The van der Waals surface area contributed by atoms with E-state index in [4.69, 9.17) is 0 Å². The second kappa shape index (κ2) is 6.73. The molecule has 2 aromatic rings. The molecule has 0 aliphatic rings. The lowest BCUT2D eigenvalue weighted by molar-refractivity contribution is 0.283. The standard InChI is InChI=1S/C14H18F2N4O2S/c1-9-13(8-17-19-9)23(21,22)18-7-12(20(2)3)14-10(15)5-4-6-11(14)16/h4-6,8,12,18H,7H2,1-3H3,(H,17,19)/t12-/m1/s1. The Labute approximate surface area is 133 Å². The molecule has 9 heteroatoms. The van der Waals surface area contributed by atoms with Crippen molar-refractivity contribution in [3.8, 4) is 0 Å². The molecule has 2 N–H and O–H groups in total. The molecule has 0 spiro atoms. The van der Waals surface area contributed by atoms with Crippen molar-refractivity contribution in [1.82, 2.24) is 19.8 Å². The number of rotatable bonds is 6. The summed E-state index contributed by atoms with van der Waals surface area (Å²) in [5, 5.41) is 6.20. The predicted octanol–water partition coefficient (Wildman–Crippen LogP) is 1.58. The predicted molar refractivity (Wildman–Crippen MR) is 81.3 cm³/mol. The SMILES string of the molecule is Cc1[nH]ncc1S(=O)(=O)NC[C@H](c1c(F)cccc1F)N(C)C. The monoisotopic (exact) mass is 344 g/mol. The van der Waals surface area contributed by atoms with Gasteiger partial charge in [0, 0.05) is 12.1 Å². The Morgan fingerprint density at radius 1 is 1.30 bits per heavy atom. The minimum atomic E-state index is -3.83. The van der Waals surface area contributed by atoms with Crippen molar-refractivity contribution in [2.45, 2.75) is 17.9 Å². The van der Waals surface area contributed by atoms with Gasteiger partial charge in [-0.05, 0) is 33.2 Å². The van der Waals surface area contributed by atoms with Gasteiger partial charge in [-0.2, -0.15) is 5.10 Å².